The second-order valence-corrected chi connectivity index (χ2v) is 6.61. The number of hydrogen-bond donors (Lipinski definition) is 1. The molecule has 4 heteroatoms. The molecule has 1 aliphatic carbocycles. The summed E-state index contributed by atoms with van der Waals surface area (Å²) in [5.41, 5.74) is 0.813. The Morgan fingerprint density at radius 2 is 2.16 bits per heavy atom. The first kappa shape index (κ1) is 13.5. The van der Waals surface area contributed by atoms with Gasteiger partial charge in [0.05, 0.1) is 0 Å². The van der Waals surface area contributed by atoms with Gasteiger partial charge in [-0.1, -0.05) is 22.0 Å². The van der Waals surface area contributed by atoms with Crippen LogP contribution in [0.15, 0.2) is 22.7 Å². The van der Waals surface area contributed by atoms with E-state index in [4.69, 9.17) is 0 Å². The highest BCUT2D eigenvalue weighted by Crippen LogP contribution is 2.30. The lowest BCUT2D eigenvalue weighted by Crippen LogP contribution is -2.38. The van der Waals surface area contributed by atoms with Gasteiger partial charge in [0, 0.05) is 35.2 Å². The van der Waals surface area contributed by atoms with Gasteiger partial charge in [0.25, 0.3) is 0 Å². The second kappa shape index (κ2) is 5.90. The highest BCUT2D eigenvalue weighted by Gasteiger charge is 2.31. The van der Waals surface area contributed by atoms with Crippen molar-refractivity contribution in [2.75, 3.05) is 13.1 Å². The maximum Gasteiger partial charge on any atom is 0.128 e. The van der Waals surface area contributed by atoms with Gasteiger partial charge < -0.3 is 5.32 Å². The molecule has 1 unspecified atom stereocenters. The van der Waals surface area contributed by atoms with Crippen molar-refractivity contribution < 1.29 is 4.39 Å². The maximum atomic E-state index is 13.9. The quantitative estimate of drug-likeness (QED) is 0.893. The fourth-order valence-corrected chi connectivity index (χ4v) is 3.18. The van der Waals surface area contributed by atoms with E-state index in [0.717, 1.165) is 29.7 Å². The predicted octanol–water partition coefficient (Wildman–Crippen LogP) is 3.30. The molecule has 1 aromatic carbocycles. The first-order chi connectivity index (χ1) is 9.22. The Kier molecular flexibility index (Phi) is 4.20. The number of hydrogen-bond acceptors (Lipinski definition) is 2. The number of nitrogens with one attached hydrogen (secondary N) is 1. The highest BCUT2D eigenvalue weighted by molar-refractivity contribution is 9.10. The minimum absolute atomic E-state index is 0.0978. The summed E-state index contributed by atoms with van der Waals surface area (Å²) in [5, 5.41) is 3.54. The second-order valence-electron chi connectivity index (χ2n) is 5.69. The average molecular weight is 327 g/mol. The van der Waals surface area contributed by atoms with E-state index in [0.29, 0.717) is 12.1 Å². The van der Waals surface area contributed by atoms with Crippen LogP contribution in [0.2, 0.25) is 0 Å². The van der Waals surface area contributed by atoms with E-state index in [2.05, 4.69) is 26.1 Å². The number of nitrogens with zero attached hydrogens (tertiary/aromatic N) is 1. The Bertz CT molecular complexity index is 442. The first-order valence-electron chi connectivity index (χ1n) is 7.14. The fraction of sp³-hybridized carbons (Fsp3) is 0.600. The molecular weight excluding hydrogens is 307 g/mol. The third-order valence-corrected chi connectivity index (χ3v) is 4.56. The zero-order chi connectivity index (χ0) is 13.2. The zero-order valence-electron chi connectivity index (χ0n) is 11.0. The zero-order valence-corrected chi connectivity index (χ0v) is 12.6. The lowest BCUT2D eigenvalue weighted by molar-refractivity contribution is 0.228. The van der Waals surface area contributed by atoms with Gasteiger partial charge in [0.2, 0.25) is 0 Å². The Hall–Kier alpha value is -0.450. The van der Waals surface area contributed by atoms with Gasteiger partial charge in [-0.2, -0.15) is 0 Å². The summed E-state index contributed by atoms with van der Waals surface area (Å²) >= 11 is 3.31. The number of rotatable bonds is 5. The monoisotopic (exact) mass is 326 g/mol. The molecule has 0 spiro atoms. The Labute approximate surface area is 122 Å². The smallest absolute Gasteiger partial charge is 0.128 e. The molecule has 3 rings (SSSR count). The van der Waals surface area contributed by atoms with Crippen LogP contribution in [0.5, 0.6) is 0 Å². The maximum absolute atomic E-state index is 13.9. The van der Waals surface area contributed by atoms with Crippen LogP contribution in [0.1, 0.15) is 31.2 Å². The molecule has 2 aliphatic rings. The lowest BCUT2D eigenvalue weighted by Gasteiger charge is -2.25. The van der Waals surface area contributed by atoms with Crippen LogP contribution in [-0.2, 0) is 6.54 Å². The summed E-state index contributed by atoms with van der Waals surface area (Å²) in [7, 11) is 0. The summed E-state index contributed by atoms with van der Waals surface area (Å²) in [5.74, 6) is -0.0978. The first-order valence-corrected chi connectivity index (χ1v) is 7.93. The molecule has 104 valence electrons. The van der Waals surface area contributed by atoms with E-state index in [1.807, 2.05) is 12.1 Å². The largest absolute Gasteiger partial charge is 0.313 e. The molecule has 1 saturated heterocycles. The van der Waals surface area contributed by atoms with Crippen molar-refractivity contribution in [1.82, 2.24) is 10.2 Å². The summed E-state index contributed by atoms with van der Waals surface area (Å²) in [4.78, 5) is 2.45. The summed E-state index contributed by atoms with van der Waals surface area (Å²) in [6.45, 7) is 2.93. The standard InChI is InChI=1S/C15H20BrFN2/c16-12-4-3-11(15(17)8-12)9-19(14-5-6-14)10-13-2-1-7-18-13/h3-4,8,13-14,18H,1-2,5-7,9-10H2. The molecule has 1 saturated carbocycles. The van der Waals surface area contributed by atoms with Crippen LogP contribution in [-0.4, -0.2) is 30.1 Å². The van der Waals surface area contributed by atoms with Crippen molar-refractivity contribution in [2.24, 2.45) is 0 Å². The van der Waals surface area contributed by atoms with Crippen LogP contribution < -0.4 is 5.32 Å². The van der Waals surface area contributed by atoms with E-state index in [-0.39, 0.29) is 5.82 Å². The van der Waals surface area contributed by atoms with Gasteiger partial charge in [0.1, 0.15) is 5.82 Å². The molecule has 0 radical (unpaired) electrons. The summed E-state index contributed by atoms with van der Waals surface area (Å²) in [6, 6.07) is 6.66. The molecule has 1 atom stereocenters. The molecule has 1 N–H and O–H groups in total. The van der Waals surface area contributed by atoms with Gasteiger partial charge in [-0.25, -0.2) is 4.39 Å². The summed E-state index contributed by atoms with van der Waals surface area (Å²) in [6.07, 6.45) is 5.07. The van der Waals surface area contributed by atoms with E-state index in [1.165, 1.54) is 25.7 Å². The van der Waals surface area contributed by atoms with Gasteiger partial charge in [-0.05, 0) is 44.4 Å². The van der Waals surface area contributed by atoms with Crippen molar-refractivity contribution in [3.8, 4) is 0 Å². The Balaban J connectivity index is 1.66. The van der Waals surface area contributed by atoms with Crippen LogP contribution in [0, 0.1) is 5.82 Å². The molecule has 19 heavy (non-hydrogen) atoms. The van der Waals surface area contributed by atoms with E-state index in [1.54, 1.807) is 6.07 Å². The third kappa shape index (κ3) is 3.56. The Morgan fingerprint density at radius 3 is 2.79 bits per heavy atom. The van der Waals surface area contributed by atoms with Gasteiger partial charge >= 0.3 is 0 Å². The summed E-state index contributed by atoms with van der Waals surface area (Å²) < 4.78 is 14.7. The van der Waals surface area contributed by atoms with Gasteiger partial charge in [-0.3, -0.25) is 4.90 Å². The molecule has 1 aromatic rings. The fourth-order valence-electron chi connectivity index (χ4n) is 2.85. The predicted molar refractivity (Wildman–Crippen MR) is 78.6 cm³/mol. The van der Waals surface area contributed by atoms with Crippen LogP contribution in [0.4, 0.5) is 4.39 Å². The topological polar surface area (TPSA) is 15.3 Å². The molecule has 0 amide bonds. The third-order valence-electron chi connectivity index (χ3n) is 4.07. The van der Waals surface area contributed by atoms with Crippen molar-refractivity contribution in [3.63, 3.8) is 0 Å². The Morgan fingerprint density at radius 1 is 1.32 bits per heavy atom. The minimum atomic E-state index is -0.0978. The molecular formula is C15H20BrFN2. The van der Waals surface area contributed by atoms with E-state index in [9.17, 15) is 4.39 Å². The highest BCUT2D eigenvalue weighted by atomic mass is 79.9. The molecule has 2 fully saturated rings. The molecule has 1 heterocycles. The normalized spacial score (nSPS) is 23.2. The van der Waals surface area contributed by atoms with Crippen LogP contribution in [0.3, 0.4) is 0 Å². The van der Waals surface area contributed by atoms with Crippen LogP contribution in [0.25, 0.3) is 0 Å². The van der Waals surface area contributed by atoms with E-state index >= 15 is 0 Å². The molecule has 0 bridgehead atoms. The lowest BCUT2D eigenvalue weighted by atomic mass is 10.1. The minimum Gasteiger partial charge on any atom is -0.313 e. The molecule has 1 aliphatic heterocycles. The number of benzene rings is 1. The number of halogens is 2. The van der Waals surface area contributed by atoms with Gasteiger partial charge in [-0.15, -0.1) is 0 Å². The van der Waals surface area contributed by atoms with E-state index < -0.39 is 0 Å². The van der Waals surface area contributed by atoms with Gasteiger partial charge in [0.15, 0.2) is 0 Å². The SMILES string of the molecule is Fc1cc(Br)ccc1CN(CC1CCCN1)C1CC1. The molecule has 0 aromatic heterocycles. The molecule has 2 nitrogen and oxygen atoms in total. The van der Waals surface area contributed by atoms with Crippen molar-refractivity contribution >= 4 is 15.9 Å². The van der Waals surface area contributed by atoms with Crippen molar-refractivity contribution in [1.29, 1.82) is 0 Å². The van der Waals surface area contributed by atoms with Crippen molar-refractivity contribution in [3.05, 3.63) is 34.1 Å². The van der Waals surface area contributed by atoms with Crippen LogP contribution >= 0.6 is 15.9 Å². The average Bonchev–Trinajstić information content (AvgIpc) is 3.10. The van der Waals surface area contributed by atoms with Crippen molar-refractivity contribution in [2.45, 2.75) is 44.3 Å².